The number of likely N-dealkylation sites (tertiary alicyclic amines) is 1. The number of benzene rings is 3. The molecule has 4 atom stereocenters. The number of nitrogens with one attached hydrogen (secondary N) is 1. The van der Waals surface area contributed by atoms with Crippen molar-refractivity contribution in [1.82, 2.24) is 34.5 Å². The van der Waals surface area contributed by atoms with Gasteiger partial charge in [-0.3, -0.25) is 24.0 Å². The zero-order valence-corrected chi connectivity index (χ0v) is 43.4. The third-order valence-electron chi connectivity index (χ3n) is 13.2. The van der Waals surface area contributed by atoms with Gasteiger partial charge in [-0.2, -0.15) is 23.5 Å². The van der Waals surface area contributed by atoms with Crippen molar-refractivity contribution in [3.05, 3.63) is 120 Å². The van der Waals surface area contributed by atoms with Crippen LogP contribution in [0.25, 0.3) is 21.7 Å². The molecule has 3 amide bonds. The number of imidazole rings is 1. The molecule has 0 aliphatic carbocycles. The van der Waals surface area contributed by atoms with E-state index in [2.05, 4.69) is 20.4 Å². The summed E-state index contributed by atoms with van der Waals surface area (Å²) in [6.07, 6.45) is 2.71. The fourth-order valence-electron chi connectivity index (χ4n) is 9.30. The van der Waals surface area contributed by atoms with Crippen molar-refractivity contribution in [2.24, 2.45) is 5.92 Å². The van der Waals surface area contributed by atoms with Gasteiger partial charge in [0.2, 0.25) is 11.8 Å². The molecule has 5 heterocycles. The second-order valence-electron chi connectivity index (χ2n) is 19.2. The number of aromatic nitrogens is 5. The number of alkyl halides is 3. The maximum absolute atomic E-state index is 14.2. The molecule has 0 unspecified atom stereocenters. The third kappa shape index (κ3) is 11.4. The lowest BCUT2D eigenvalue weighted by molar-refractivity contribution is -0.142. The lowest BCUT2D eigenvalue weighted by Gasteiger charge is -2.30. The van der Waals surface area contributed by atoms with Crippen LogP contribution in [0, 0.1) is 24.2 Å². The number of amides is 3. The Balaban J connectivity index is 0.769. The topological polar surface area (TPSA) is 184 Å². The molecular weight excluding hydrogens is 994 g/mol. The standard InChI is InChI=1S/C53H57F3N10O6S2/c1-32(2)46(49(69)63-27-41(67)24-45(63)48(68)61-33(3)35-9-11-37(12-10-35)47-34(4)59-31-74-47)64-28-42(26-60-64)72-22-8-21-71-20-7-19-62-29-44(58-30-62)36-13-16-39(17-14-36)66-51(73)65(50(70)52(66,5)6)40-18-15-38(25-57)43(23-40)53(54,55)56/h9-18,23,26,28-33,41,45-46,67H,7-8,19-22,24,27H2,1-6H3,(H,61,68)/t33-,41+,45-,46-/m0/s1. The lowest BCUT2D eigenvalue weighted by atomic mass is 10.0. The van der Waals surface area contributed by atoms with Gasteiger partial charge in [0.25, 0.3) is 5.91 Å². The number of aryl methyl sites for hydroxylation is 2. The van der Waals surface area contributed by atoms with Crippen molar-refractivity contribution < 1.29 is 42.1 Å². The van der Waals surface area contributed by atoms with E-state index in [0.29, 0.717) is 49.9 Å². The third-order valence-corrected chi connectivity index (χ3v) is 14.5. The first-order valence-corrected chi connectivity index (χ1v) is 25.5. The minimum Gasteiger partial charge on any atom is -0.490 e. The van der Waals surface area contributed by atoms with E-state index in [1.165, 1.54) is 11.0 Å². The highest BCUT2D eigenvalue weighted by Crippen LogP contribution is 2.40. The second-order valence-corrected chi connectivity index (χ2v) is 20.4. The summed E-state index contributed by atoms with van der Waals surface area (Å²) in [4.78, 5) is 55.6. The number of rotatable bonds is 19. The summed E-state index contributed by atoms with van der Waals surface area (Å²) in [6.45, 7) is 13.0. The summed E-state index contributed by atoms with van der Waals surface area (Å²) in [5.41, 5.74) is 3.84. The number of nitriles is 1. The first kappa shape index (κ1) is 53.3. The number of thiazole rings is 1. The van der Waals surface area contributed by atoms with Crippen LogP contribution in [0.1, 0.15) is 88.3 Å². The maximum atomic E-state index is 14.2. The summed E-state index contributed by atoms with van der Waals surface area (Å²) in [7, 11) is 0. The number of thiocarbonyl (C=S) groups is 1. The summed E-state index contributed by atoms with van der Waals surface area (Å²) >= 11 is 7.25. The molecule has 74 heavy (non-hydrogen) atoms. The Labute approximate surface area is 436 Å². The van der Waals surface area contributed by atoms with E-state index in [9.17, 15) is 37.9 Å². The molecule has 3 aromatic carbocycles. The normalized spacial score (nSPS) is 17.5. The van der Waals surface area contributed by atoms with Gasteiger partial charge in [-0.05, 0) is 93.7 Å². The predicted octanol–water partition coefficient (Wildman–Crippen LogP) is 8.90. The minimum atomic E-state index is -4.80. The monoisotopic (exact) mass is 1050 g/mol. The van der Waals surface area contributed by atoms with Crippen LogP contribution in [0.2, 0.25) is 0 Å². The second kappa shape index (κ2) is 22.2. The number of carbonyl (C=O) groups excluding carboxylic acids is 3. The zero-order valence-electron chi connectivity index (χ0n) is 41.7. The van der Waals surface area contributed by atoms with E-state index in [-0.39, 0.29) is 47.5 Å². The van der Waals surface area contributed by atoms with E-state index in [0.717, 1.165) is 50.7 Å². The van der Waals surface area contributed by atoms with E-state index >= 15 is 0 Å². The largest absolute Gasteiger partial charge is 0.490 e. The highest BCUT2D eigenvalue weighted by Gasteiger charge is 2.51. The van der Waals surface area contributed by atoms with Gasteiger partial charge in [0.15, 0.2) is 10.9 Å². The number of β-amino-alcohol motifs (C(OH)–C–C–N with tert-alkyl or cyclic N) is 1. The Kier molecular flexibility index (Phi) is 16.0. The highest BCUT2D eigenvalue weighted by molar-refractivity contribution is 7.81. The minimum absolute atomic E-state index is 0.00826. The van der Waals surface area contributed by atoms with Crippen LogP contribution in [0.15, 0.2) is 97.2 Å². The van der Waals surface area contributed by atoms with E-state index in [4.69, 9.17) is 21.7 Å². The fourth-order valence-corrected chi connectivity index (χ4v) is 10.6. The molecule has 0 radical (unpaired) electrons. The smallest absolute Gasteiger partial charge is 0.417 e. The number of aliphatic hydroxyl groups is 1. The van der Waals surface area contributed by atoms with Crippen LogP contribution in [0.5, 0.6) is 5.75 Å². The molecule has 16 nitrogen and oxygen atoms in total. The van der Waals surface area contributed by atoms with Crippen LogP contribution >= 0.6 is 23.6 Å². The molecule has 2 fully saturated rings. The van der Waals surface area contributed by atoms with Crippen molar-refractivity contribution in [3.63, 3.8) is 0 Å². The molecule has 0 spiro atoms. The number of anilines is 2. The molecular formula is C53H57F3N10O6S2. The summed E-state index contributed by atoms with van der Waals surface area (Å²) in [5, 5.41) is 27.5. The molecule has 0 bridgehead atoms. The van der Waals surface area contributed by atoms with Gasteiger partial charge in [-0.1, -0.05) is 50.2 Å². The van der Waals surface area contributed by atoms with Crippen molar-refractivity contribution in [3.8, 4) is 33.5 Å². The Bertz CT molecular complexity index is 3040. The Morgan fingerprint density at radius 3 is 2.36 bits per heavy atom. The first-order valence-electron chi connectivity index (χ1n) is 24.2. The van der Waals surface area contributed by atoms with Crippen LogP contribution in [0.4, 0.5) is 24.5 Å². The van der Waals surface area contributed by atoms with E-state index < -0.39 is 46.9 Å². The average Bonchev–Trinajstić information content (AvgIpc) is 4.22. The molecule has 21 heteroatoms. The molecule has 2 N–H and O–H groups in total. The van der Waals surface area contributed by atoms with Gasteiger partial charge in [-0.25, -0.2) is 9.97 Å². The summed E-state index contributed by atoms with van der Waals surface area (Å²) < 4.78 is 56.7. The quantitative estimate of drug-likeness (QED) is 0.0581. The molecule has 6 aromatic rings. The number of ether oxygens (including phenoxy) is 2. The predicted molar refractivity (Wildman–Crippen MR) is 277 cm³/mol. The van der Waals surface area contributed by atoms with Gasteiger partial charge >= 0.3 is 6.18 Å². The zero-order chi connectivity index (χ0) is 53.1. The summed E-state index contributed by atoms with van der Waals surface area (Å²) in [6, 6.07) is 18.0. The Morgan fingerprint density at radius 2 is 1.69 bits per heavy atom. The number of aliphatic hydroxyl groups excluding tert-OH is 1. The molecule has 2 aliphatic rings. The van der Waals surface area contributed by atoms with Crippen molar-refractivity contribution in [1.29, 1.82) is 5.26 Å². The average molecular weight is 1050 g/mol. The van der Waals surface area contributed by atoms with Crippen LogP contribution < -0.4 is 19.9 Å². The SMILES string of the molecule is Cc1ncsc1-c1ccc([C@H](C)NC(=O)[C@@H]2C[C@@H](O)CN2C(=O)[C@H](C(C)C)n2cc(OCCCOCCCn3cnc(-c4ccc(N5C(=S)N(c6ccc(C#N)c(C(F)(F)F)c6)C(=O)C5(C)C)cc4)c3)cn2)cc1. The number of halogens is 3. The fraction of sp³-hybridized carbons (Fsp3) is 0.396. The molecule has 2 saturated heterocycles. The maximum Gasteiger partial charge on any atom is 0.417 e. The van der Waals surface area contributed by atoms with Gasteiger partial charge in [-0.15, -0.1) is 11.3 Å². The molecule has 3 aromatic heterocycles. The van der Waals surface area contributed by atoms with E-state index in [1.54, 1.807) is 71.7 Å². The number of hydrogen-bond acceptors (Lipinski definition) is 12. The molecule has 2 aliphatic heterocycles. The van der Waals surface area contributed by atoms with Gasteiger partial charge in [0.1, 0.15) is 17.6 Å². The van der Waals surface area contributed by atoms with Crippen molar-refractivity contribution >= 4 is 57.8 Å². The number of nitrogens with zero attached hydrogens (tertiary/aromatic N) is 9. The van der Waals surface area contributed by atoms with Crippen LogP contribution in [-0.2, 0) is 31.8 Å². The molecule has 0 saturated carbocycles. The van der Waals surface area contributed by atoms with E-state index in [1.807, 2.05) is 80.4 Å². The van der Waals surface area contributed by atoms with Gasteiger partial charge < -0.3 is 34.3 Å². The van der Waals surface area contributed by atoms with Gasteiger partial charge in [0, 0.05) is 56.6 Å². The highest BCUT2D eigenvalue weighted by atomic mass is 32.1. The van der Waals surface area contributed by atoms with Crippen molar-refractivity contribution in [2.45, 2.75) is 103 Å². The molecule has 8 rings (SSSR count). The summed E-state index contributed by atoms with van der Waals surface area (Å²) in [5.74, 6) is -0.840. The lowest BCUT2D eigenvalue weighted by Crippen LogP contribution is -2.49. The number of hydrogen-bond donors (Lipinski definition) is 2. The Morgan fingerprint density at radius 1 is 0.986 bits per heavy atom. The molecule has 388 valence electrons. The first-order chi connectivity index (χ1) is 35.3. The Hall–Kier alpha value is -6.99. The number of carbonyl (C=O) groups is 3. The van der Waals surface area contributed by atoms with Crippen LogP contribution in [-0.4, -0.2) is 101 Å². The van der Waals surface area contributed by atoms with Crippen LogP contribution in [0.3, 0.4) is 0 Å². The van der Waals surface area contributed by atoms with Crippen molar-refractivity contribution in [2.75, 3.05) is 36.2 Å². The van der Waals surface area contributed by atoms with Gasteiger partial charge in [0.05, 0.1) is 82.1 Å².